The molecule has 1 saturated heterocycles. The summed E-state index contributed by atoms with van der Waals surface area (Å²) in [6.07, 6.45) is 6.59. The Kier molecular flexibility index (Phi) is 4.07. The lowest BCUT2D eigenvalue weighted by molar-refractivity contribution is 0.0937. The first-order valence-electron chi connectivity index (χ1n) is 8.51. The predicted molar refractivity (Wildman–Crippen MR) is 92.0 cm³/mol. The van der Waals surface area contributed by atoms with E-state index >= 15 is 0 Å². The first-order chi connectivity index (χ1) is 12.0. The van der Waals surface area contributed by atoms with Gasteiger partial charge in [-0.1, -0.05) is 6.07 Å². The van der Waals surface area contributed by atoms with Crippen molar-refractivity contribution in [2.45, 2.75) is 38.3 Å². The lowest BCUT2D eigenvalue weighted by Crippen LogP contribution is -2.28. The number of carbonyl (C=O) groups excluding carboxylic acids is 1. The maximum absolute atomic E-state index is 12.8. The van der Waals surface area contributed by atoms with Crippen molar-refractivity contribution in [1.82, 2.24) is 20.1 Å². The minimum atomic E-state index is -3.03. The molecule has 4 rings (SSSR count). The van der Waals surface area contributed by atoms with E-state index in [9.17, 15) is 13.2 Å². The number of fused-ring (bicyclic) bond motifs is 1. The Labute approximate surface area is 146 Å². The molecule has 0 radical (unpaired) electrons. The molecule has 1 aliphatic carbocycles. The summed E-state index contributed by atoms with van der Waals surface area (Å²) in [5.41, 5.74) is 3.38. The highest BCUT2D eigenvalue weighted by Crippen LogP contribution is 2.31. The van der Waals surface area contributed by atoms with Crippen molar-refractivity contribution in [1.29, 1.82) is 0 Å². The second kappa shape index (κ2) is 6.25. The van der Waals surface area contributed by atoms with E-state index in [0.717, 1.165) is 36.1 Å². The van der Waals surface area contributed by atoms with E-state index in [1.165, 1.54) is 0 Å². The number of carbonyl (C=O) groups is 1. The Morgan fingerprint density at radius 3 is 2.96 bits per heavy atom. The molecule has 7 nitrogen and oxygen atoms in total. The van der Waals surface area contributed by atoms with E-state index in [0.29, 0.717) is 18.7 Å². The van der Waals surface area contributed by atoms with E-state index in [2.05, 4.69) is 15.4 Å². The van der Waals surface area contributed by atoms with Crippen molar-refractivity contribution in [2.75, 3.05) is 11.5 Å². The second-order valence-corrected chi connectivity index (χ2v) is 8.90. The van der Waals surface area contributed by atoms with Crippen LogP contribution in [0.25, 0.3) is 0 Å². The number of aryl methyl sites for hydroxylation is 1. The highest BCUT2D eigenvalue weighted by atomic mass is 32.2. The Balaban J connectivity index is 1.60. The molecule has 0 saturated carbocycles. The van der Waals surface area contributed by atoms with E-state index < -0.39 is 9.84 Å². The van der Waals surface area contributed by atoms with Gasteiger partial charge in [0, 0.05) is 24.5 Å². The van der Waals surface area contributed by atoms with Crippen LogP contribution in [0.4, 0.5) is 0 Å². The fourth-order valence-corrected chi connectivity index (χ4v) is 5.35. The van der Waals surface area contributed by atoms with E-state index in [1.54, 1.807) is 17.1 Å². The van der Waals surface area contributed by atoms with Gasteiger partial charge in [0.15, 0.2) is 9.84 Å². The largest absolute Gasteiger partial charge is 0.347 e. The van der Waals surface area contributed by atoms with Gasteiger partial charge in [-0.15, -0.1) is 0 Å². The number of nitrogens with one attached hydrogen (secondary N) is 1. The molecule has 1 amide bonds. The number of rotatable bonds is 4. The SMILES string of the molecule is O=C(NCc1cccnc1)c1c2c(nn1[C@@H]1CCS(=O)(=O)C1)CCC2. The van der Waals surface area contributed by atoms with Gasteiger partial charge in [0.1, 0.15) is 5.69 Å². The zero-order chi connectivity index (χ0) is 17.4. The lowest BCUT2D eigenvalue weighted by Gasteiger charge is -2.14. The van der Waals surface area contributed by atoms with Crippen molar-refractivity contribution in [3.8, 4) is 0 Å². The second-order valence-electron chi connectivity index (χ2n) is 6.67. The van der Waals surface area contributed by atoms with Gasteiger partial charge in [-0.25, -0.2) is 8.42 Å². The number of pyridine rings is 1. The average molecular weight is 360 g/mol. The first kappa shape index (κ1) is 16.3. The Bertz CT molecular complexity index is 905. The molecule has 0 spiro atoms. The van der Waals surface area contributed by atoms with Crippen LogP contribution in [0.2, 0.25) is 0 Å². The van der Waals surface area contributed by atoms with Gasteiger partial charge < -0.3 is 5.32 Å². The summed E-state index contributed by atoms with van der Waals surface area (Å²) in [6.45, 7) is 0.385. The summed E-state index contributed by atoms with van der Waals surface area (Å²) < 4.78 is 25.3. The zero-order valence-corrected chi connectivity index (χ0v) is 14.6. The quantitative estimate of drug-likeness (QED) is 0.880. The number of nitrogens with zero attached hydrogens (tertiary/aromatic N) is 3. The number of hydrogen-bond donors (Lipinski definition) is 1. The molecule has 1 aliphatic heterocycles. The Morgan fingerprint density at radius 1 is 1.36 bits per heavy atom. The van der Waals surface area contributed by atoms with Gasteiger partial charge in [-0.2, -0.15) is 5.10 Å². The topological polar surface area (TPSA) is 93.9 Å². The molecular formula is C17H20N4O3S. The summed E-state index contributed by atoms with van der Waals surface area (Å²) in [6, 6.07) is 3.49. The zero-order valence-electron chi connectivity index (χ0n) is 13.8. The normalized spacial score (nSPS) is 21.2. The van der Waals surface area contributed by atoms with Crippen LogP contribution >= 0.6 is 0 Å². The van der Waals surface area contributed by atoms with Crippen LogP contribution in [0.1, 0.15) is 46.2 Å². The maximum atomic E-state index is 12.8. The Morgan fingerprint density at radius 2 is 2.24 bits per heavy atom. The van der Waals surface area contributed by atoms with E-state index in [1.807, 2.05) is 12.1 Å². The van der Waals surface area contributed by atoms with Crippen LogP contribution < -0.4 is 5.32 Å². The maximum Gasteiger partial charge on any atom is 0.270 e. The standard InChI is InChI=1S/C17H20N4O3S/c22-17(19-10-12-3-2-7-18-9-12)16-14-4-1-5-15(14)20-21(16)13-6-8-25(23,24)11-13/h2-3,7,9,13H,1,4-6,8,10-11H2,(H,19,22)/t13-/m1/s1. The van der Waals surface area contributed by atoms with Crippen LogP contribution in [-0.2, 0) is 29.2 Å². The fourth-order valence-electron chi connectivity index (χ4n) is 3.65. The third-order valence-electron chi connectivity index (χ3n) is 4.88. The van der Waals surface area contributed by atoms with Gasteiger partial charge in [-0.05, 0) is 37.3 Å². The number of aromatic nitrogens is 3. The molecular weight excluding hydrogens is 340 g/mol. The number of sulfone groups is 1. The molecule has 25 heavy (non-hydrogen) atoms. The monoisotopic (exact) mass is 360 g/mol. The molecule has 0 aromatic carbocycles. The molecule has 2 aliphatic rings. The highest BCUT2D eigenvalue weighted by molar-refractivity contribution is 7.91. The molecule has 8 heteroatoms. The Hall–Kier alpha value is -2.22. The smallest absolute Gasteiger partial charge is 0.270 e. The number of amides is 1. The molecule has 2 aromatic heterocycles. The molecule has 3 heterocycles. The van der Waals surface area contributed by atoms with Gasteiger partial charge >= 0.3 is 0 Å². The molecule has 132 valence electrons. The summed E-state index contributed by atoms with van der Waals surface area (Å²) >= 11 is 0. The molecule has 1 N–H and O–H groups in total. The van der Waals surface area contributed by atoms with Gasteiger partial charge in [0.25, 0.3) is 5.91 Å². The predicted octanol–water partition coefficient (Wildman–Crippen LogP) is 1.06. The summed E-state index contributed by atoms with van der Waals surface area (Å²) in [4.78, 5) is 16.9. The number of hydrogen-bond acceptors (Lipinski definition) is 5. The average Bonchev–Trinajstić information content (AvgIpc) is 3.27. The molecule has 1 atom stereocenters. The minimum absolute atomic E-state index is 0.0659. The summed E-state index contributed by atoms with van der Waals surface area (Å²) in [7, 11) is -3.03. The van der Waals surface area contributed by atoms with E-state index in [4.69, 9.17) is 0 Å². The van der Waals surface area contributed by atoms with Gasteiger partial charge in [0.05, 0.1) is 23.2 Å². The fraction of sp³-hybridized carbons (Fsp3) is 0.471. The van der Waals surface area contributed by atoms with Crippen molar-refractivity contribution in [3.63, 3.8) is 0 Å². The van der Waals surface area contributed by atoms with Crippen LogP contribution in [0.15, 0.2) is 24.5 Å². The van der Waals surface area contributed by atoms with Crippen molar-refractivity contribution in [2.24, 2.45) is 0 Å². The van der Waals surface area contributed by atoms with Gasteiger partial charge in [0.2, 0.25) is 0 Å². The lowest BCUT2D eigenvalue weighted by atomic mass is 10.1. The minimum Gasteiger partial charge on any atom is -0.347 e. The van der Waals surface area contributed by atoms with Crippen molar-refractivity contribution in [3.05, 3.63) is 47.0 Å². The van der Waals surface area contributed by atoms with Crippen LogP contribution in [0.3, 0.4) is 0 Å². The third-order valence-corrected chi connectivity index (χ3v) is 6.63. The molecule has 0 unspecified atom stereocenters. The van der Waals surface area contributed by atoms with Crippen molar-refractivity contribution >= 4 is 15.7 Å². The van der Waals surface area contributed by atoms with E-state index in [-0.39, 0.29) is 23.5 Å². The van der Waals surface area contributed by atoms with Crippen LogP contribution in [0.5, 0.6) is 0 Å². The molecule has 0 bridgehead atoms. The van der Waals surface area contributed by atoms with Gasteiger partial charge in [-0.3, -0.25) is 14.5 Å². The third kappa shape index (κ3) is 3.18. The molecule has 1 fully saturated rings. The first-order valence-corrected chi connectivity index (χ1v) is 10.3. The van der Waals surface area contributed by atoms with Crippen LogP contribution in [0, 0.1) is 0 Å². The summed E-state index contributed by atoms with van der Waals surface area (Å²) in [5.74, 6) is 0.0406. The highest BCUT2D eigenvalue weighted by Gasteiger charge is 2.35. The summed E-state index contributed by atoms with van der Waals surface area (Å²) in [5, 5.41) is 7.52. The molecule has 2 aromatic rings. The van der Waals surface area contributed by atoms with Crippen LogP contribution in [-0.4, -0.2) is 40.6 Å². The van der Waals surface area contributed by atoms with Crippen molar-refractivity contribution < 1.29 is 13.2 Å².